The third kappa shape index (κ3) is 4.90. The van der Waals surface area contributed by atoms with E-state index in [2.05, 4.69) is 5.32 Å². The Hall–Kier alpha value is -0.200. The van der Waals surface area contributed by atoms with E-state index >= 15 is 0 Å². The molecule has 1 saturated heterocycles. The zero-order chi connectivity index (χ0) is 11.1. The van der Waals surface area contributed by atoms with Gasteiger partial charge in [0, 0.05) is 32.7 Å². The van der Waals surface area contributed by atoms with Gasteiger partial charge in [0.05, 0.1) is 19.3 Å². The van der Waals surface area contributed by atoms with E-state index < -0.39 is 11.7 Å². The minimum atomic E-state index is -0.759. The molecule has 0 amide bonds. The molecule has 1 aliphatic heterocycles. The normalized spacial score (nSPS) is 28.2. The molecule has 0 aromatic carbocycles. The van der Waals surface area contributed by atoms with Gasteiger partial charge in [-0.3, -0.25) is 0 Å². The van der Waals surface area contributed by atoms with Crippen LogP contribution in [0, 0.1) is 0 Å². The summed E-state index contributed by atoms with van der Waals surface area (Å²) in [6.45, 7) is 4.70. The Bertz CT molecular complexity index is 171. The fourth-order valence-corrected chi connectivity index (χ4v) is 1.52. The second kappa shape index (κ2) is 6.40. The second-order valence-electron chi connectivity index (χ2n) is 3.97. The van der Waals surface area contributed by atoms with E-state index in [9.17, 15) is 10.2 Å². The molecule has 0 radical (unpaired) electrons. The third-order valence-corrected chi connectivity index (χ3v) is 2.43. The van der Waals surface area contributed by atoms with Crippen LogP contribution in [0.4, 0.5) is 0 Å². The van der Waals surface area contributed by atoms with Gasteiger partial charge in [-0.1, -0.05) is 0 Å². The van der Waals surface area contributed by atoms with E-state index in [1.807, 2.05) is 6.92 Å². The molecule has 2 atom stereocenters. The van der Waals surface area contributed by atoms with Crippen LogP contribution in [0.5, 0.6) is 0 Å². The fourth-order valence-electron chi connectivity index (χ4n) is 1.52. The topological polar surface area (TPSA) is 71.0 Å². The minimum absolute atomic E-state index is 0.332. The first-order valence-electron chi connectivity index (χ1n) is 5.43. The molecular weight excluding hydrogens is 198 g/mol. The zero-order valence-electron chi connectivity index (χ0n) is 9.24. The molecule has 5 nitrogen and oxygen atoms in total. The monoisotopic (exact) mass is 219 g/mol. The molecule has 0 bridgehead atoms. The predicted molar refractivity (Wildman–Crippen MR) is 55.8 cm³/mol. The first-order chi connectivity index (χ1) is 7.16. The average Bonchev–Trinajstić information content (AvgIpc) is 2.62. The average molecular weight is 219 g/mol. The van der Waals surface area contributed by atoms with Crippen LogP contribution >= 0.6 is 0 Å². The summed E-state index contributed by atoms with van der Waals surface area (Å²) in [7, 11) is 0. The van der Waals surface area contributed by atoms with Crippen LogP contribution in [0.1, 0.15) is 13.3 Å². The van der Waals surface area contributed by atoms with Gasteiger partial charge in [-0.15, -0.1) is 0 Å². The molecule has 0 aliphatic carbocycles. The summed E-state index contributed by atoms with van der Waals surface area (Å²) in [5, 5.41) is 22.3. The number of aliphatic hydroxyl groups is 2. The summed E-state index contributed by atoms with van der Waals surface area (Å²) in [6, 6.07) is 0. The number of nitrogens with one attached hydrogen (secondary N) is 1. The molecule has 1 heterocycles. The molecule has 3 N–H and O–H groups in total. The van der Waals surface area contributed by atoms with E-state index in [4.69, 9.17) is 9.47 Å². The number of ether oxygens (including phenoxy) is 2. The molecular formula is C10H21NO4. The molecule has 90 valence electrons. The molecule has 0 saturated carbocycles. The molecule has 0 aromatic rings. The maximum Gasteiger partial charge on any atom is 0.102 e. The Balaban J connectivity index is 2.04. The third-order valence-electron chi connectivity index (χ3n) is 2.43. The highest BCUT2D eigenvalue weighted by Gasteiger charge is 2.31. The predicted octanol–water partition coefficient (Wildman–Crippen LogP) is -0.875. The van der Waals surface area contributed by atoms with Gasteiger partial charge in [-0.25, -0.2) is 0 Å². The van der Waals surface area contributed by atoms with E-state index in [0.29, 0.717) is 45.9 Å². The molecule has 2 unspecified atom stereocenters. The fraction of sp³-hybridized carbons (Fsp3) is 1.00. The Morgan fingerprint density at radius 3 is 3.00 bits per heavy atom. The standard InChI is InChI=1S/C10H21NO4/c1-2-14-6-9(12)5-11-7-10(13)3-4-15-8-10/h9,11-13H,2-8H2,1H3. The first-order valence-corrected chi connectivity index (χ1v) is 5.43. The molecule has 1 rings (SSSR count). The van der Waals surface area contributed by atoms with E-state index in [0.717, 1.165) is 0 Å². The maximum absolute atomic E-state index is 9.88. The van der Waals surface area contributed by atoms with Gasteiger partial charge >= 0.3 is 0 Å². The van der Waals surface area contributed by atoms with Crippen molar-refractivity contribution in [3.8, 4) is 0 Å². The molecule has 1 fully saturated rings. The van der Waals surface area contributed by atoms with Gasteiger partial charge in [0.2, 0.25) is 0 Å². The largest absolute Gasteiger partial charge is 0.389 e. The molecule has 5 heteroatoms. The van der Waals surface area contributed by atoms with Crippen molar-refractivity contribution in [3.05, 3.63) is 0 Å². The maximum atomic E-state index is 9.88. The minimum Gasteiger partial charge on any atom is -0.389 e. The van der Waals surface area contributed by atoms with E-state index in [1.165, 1.54) is 0 Å². The molecule has 15 heavy (non-hydrogen) atoms. The van der Waals surface area contributed by atoms with Gasteiger partial charge in [0.15, 0.2) is 0 Å². The lowest BCUT2D eigenvalue weighted by Crippen LogP contribution is -2.44. The van der Waals surface area contributed by atoms with Crippen LogP contribution in [0.15, 0.2) is 0 Å². The lowest BCUT2D eigenvalue weighted by Gasteiger charge is -2.21. The van der Waals surface area contributed by atoms with Crippen molar-refractivity contribution >= 4 is 0 Å². The Labute approximate surface area is 90.4 Å². The van der Waals surface area contributed by atoms with Crippen molar-refractivity contribution in [2.45, 2.75) is 25.0 Å². The summed E-state index contributed by atoms with van der Waals surface area (Å²) in [5.74, 6) is 0. The second-order valence-corrected chi connectivity index (χ2v) is 3.97. The molecule has 0 aromatic heterocycles. The zero-order valence-corrected chi connectivity index (χ0v) is 9.24. The summed E-state index contributed by atoms with van der Waals surface area (Å²) >= 11 is 0. The SMILES string of the molecule is CCOCC(O)CNCC1(O)CCOC1. The van der Waals surface area contributed by atoms with Crippen molar-refractivity contribution < 1.29 is 19.7 Å². The van der Waals surface area contributed by atoms with Crippen molar-refractivity contribution in [2.75, 3.05) is 39.5 Å². The van der Waals surface area contributed by atoms with Gasteiger partial charge in [0.25, 0.3) is 0 Å². The van der Waals surface area contributed by atoms with Gasteiger partial charge < -0.3 is 25.0 Å². The quantitative estimate of drug-likeness (QED) is 0.519. The van der Waals surface area contributed by atoms with E-state index in [1.54, 1.807) is 0 Å². The van der Waals surface area contributed by atoms with Crippen LogP contribution in [0.3, 0.4) is 0 Å². The van der Waals surface area contributed by atoms with E-state index in [-0.39, 0.29) is 0 Å². The first kappa shape index (κ1) is 12.9. The summed E-state index contributed by atoms with van der Waals surface area (Å²) < 4.78 is 10.2. The highest BCUT2D eigenvalue weighted by molar-refractivity contribution is 4.85. The van der Waals surface area contributed by atoms with Crippen LogP contribution < -0.4 is 5.32 Å². The molecule has 0 spiro atoms. The van der Waals surface area contributed by atoms with Crippen LogP contribution in [-0.2, 0) is 9.47 Å². The van der Waals surface area contributed by atoms with Crippen LogP contribution in [0.25, 0.3) is 0 Å². The van der Waals surface area contributed by atoms with Gasteiger partial charge in [-0.2, -0.15) is 0 Å². The Morgan fingerprint density at radius 1 is 1.60 bits per heavy atom. The smallest absolute Gasteiger partial charge is 0.102 e. The van der Waals surface area contributed by atoms with Crippen molar-refractivity contribution in [1.29, 1.82) is 0 Å². The number of rotatable bonds is 7. The summed E-state index contributed by atoms with van der Waals surface area (Å²) in [5.41, 5.74) is -0.759. The highest BCUT2D eigenvalue weighted by Crippen LogP contribution is 2.16. The number of aliphatic hydroxyl groups excluding tert-OH is 1. The van der Waals surface area contributed by atoms with Crippen molar-refractivity contribution in [1.82, 2.24) is 5.32 Å². The lowest BCUT2D eigenvalue weighted by molar-refractivity contribution is 0.0159. The lowest BCUT2D eigenvalue weighted by atomic mass is 10.0. The Kier molecular flexibility index (Phi) is 5.49. The number of hydrogen-bond donors (Lipinski definition) is 3. The Morgan fingerprint density at radius 2 is 2.40 bits per heavy atom. The highest BCUT2D eigenvalue weighted by atomic mass is 16.5. The van der Waals surface area contributed by atoms with Gasteiger partial charge in [-0.05, 0) is 6.92 Å². The summed E-state index contributed by atoms with van der Waals surface area (Å²) in [6.07, 6.45) is 0.137. The summed E-state index contributed by atoms with van der Waals surface area (Å²) in [4.78, 5) is 0. The van der Waals surface area contributed by atoms with Gasteiger partial charge in [0.1, 0.15) is 5.60 Å². The van der Waals surface area contributed by atoms with Crippen molar-refractivity contribution in [2.24, 2.45) is 0 Å². The van der Waals surface area contributed by atoms with Crippen LogP contribution in [0.2, 0.25) is 0 Å². The van der Waals surface area contributed by atoms with Crippen molar-refractivity contribution in [3.63, 3.8) is 0 Å². The van der Waals surface area contributed by atoms with Crippen LogP contribution in [-0.4, -0.2) is 61.4 Å². The molecule has 1 aliphatic rings. The number of hydrogen-bond acceptors (Lipinski definition) is 5.